The third-order valence-corrected chi connectivity index (χ3v) is 7.32. The number of anilines is 1. The van der Waals surface area contributed by atoms with E-state index in [1.807, 2.05) is 11.5 Å². The zero-order valence-corrected chi connectivity index (χ0v) is 20.7. The number of alkyl halides is 3. The molecule has 2 aromatic rings. The highest BCUT2D eigenvalue weighted by Crippen LogP contribution is 2.32. The van der Waals surface area contributed by atoms with Gasteiger partial charge in [-0.2, -0.15) is 13.2 Å². The molecule has 0 spiro atoms. The molecule has 0 saturated heterocycles. The monoisotopic (exact) mass is 506 g/mol. The van der Waals surface area contributed by atoms with Gasteiger partial charge in [-0.05, 0) is 63.6 Å². The highest BCUT2D eigenvalue weighted by atomic mass is 19.4. The fraction of sp³-hybridized carbons (Fsp3) is 0.577. The van der Waals surface area contributed by atoms with Gasteiger partial charge in [0.15, 0.2) is 0 Å². The van der Waals surface area contributed by atoms with Crippen molar-refractivity contribution in [2.45, 2.75) is 76.7 Å². The van der Waals surface area contributed by atoms with E-state index in [0.29, 0.717) is 44.3 Å². The molecule has 7 nitrogen and oxygen atoms in total. The third-order valence-electron chi connectivity index (χ3n) is 7.32. The van der Waals surface area contributed by atoms with Crippen LogP contribution in [0, 0.1) is 12.8 Å². The van der Waals surface area contributed by atoms with Crippen LogP contribution in [0.25, 0.3) is 0 Å². The fourth-order valence-electron chi connectivity index (χ4n) is 4.84. The molecule has 10 heteroatoms. The number of rotatable bonds is 8. The summed E-state index contributed by atoms with van der Waals surface area (Å²) in [6.07, 6.45) is 3.49. The van der Waals surface area contributed by atoms with Gasteiger partial charge in [-0.1, -0.05) is 12.5 Å². The SMILES string of the molecule is Cc1ncn(CCOC2CCC2)c1NC(=O)C1CCCC(N(C)C(=O)c2cccc(C(F)(F)F)c2)C1. The molecule has 0 aliphatic heterocycles. The maximum atomic E-state index is 13.2. The van der Waals surface area contributed by atoms with Crippen molar-refractivity contribution in [3.63, 3.8) is 0 Å². The average Bonchev–Trinajstić information content (AvgIpc) is 3.18. The molecule has 2 fully saturated rings. The smallest absolute Gasteiger partial charge is 0.376 e. The minimum atomic E-state index is -4.52. The Hall–Kier alpha value is -2.88. The lowest BCUT2D eigenvalue weighted by atomic mass is 9.84. The Kier molecular flexibility index (Phi) is 8.02. The van der Waals surface area contributed by atoms with Crippen molar-refractivity contribution in [2.24, 2.45) is 5.92 Å². The van der Waals surface area contributed by atoms with Crippen molar-refractivity contribution in [1.82, 2.24) is 14.5 Å². The summed E-state index contributed by atoms with van der Waals surface area (Å²) in [5.74, 6) is -0.279. The molecule has 1 aromatic heterocycles. The number of carbonyl (C=O) groups is 2. The summed E-state index contributed by atoms with van der Waals surface area (Å²) in [6, 6.07) is 4.22. The van der Waals surface area contributed by atoms with E-state index in [1.54, 1.807) is 13.4 Å². The number of hydrogen-bond donors (Lipinski definition) is 1. The molecule has 2 atom stereocenters. The van der Waals surface area contributed by atoms with Crippen molar-refractivity contribution in [3.8, 4) is 0 Å². The predicted octanol–water partition coefficient (Wildman–Crippen LogP) is 5.05. The number of imidazole rings is 1. The van der Waals surface area contributed by atoms with Gasteiger partial charge in [0.05, 0.1) is 30.3 Å². The van der Waals surface area contributed by atoms with Crippen LogP contribution < -0.4 is 5.32 Å². The molecule has 2 aliphatic rings. The van der Waals surface area contributed by atoms with Gasteiger partial charge < -0.3 is 19.5 Å². The summed E-state index contributed by atoms with van der Waals surface area (Å²) in [4.78, 5) is 31.9. The number of carbonyl (C=O) groups excluding carboxylic acids is 2. The first-order valence-corrected chi connectivity index (χ1v) is 12.5. The van der Waals surface area contributed by atoms with E-state index in [4.69, 9.17) is 4.74 Å². The Balaban J connectivity index is 1.36. The molecule has 1 aromatic carbocycles. The standard InChI is InChI=1S/C26H33F3N4O3/c1-17-23(33(16-30-17)12-13-36-22-10-5-11-22)31-24(34)18-6-4-9-21(15-18)32(2)25(35)19-7-3-8-20(14-19)26(27,28)29/h3,7-8,14,16,18,21-22H,4-6,9-13,15H2,1-2H3,(H,31,34). The van der Waals surface area contributed by atoms with E-state index in [-0.39, 0.29) is 23.4 Å². The normalized spacial score (nSPS) is 20.6. The summed E-state index contributed by atoms with van der Waals surface area (Å²) in [7, 11) is 1.59. The molecular formula is C26H33F3N4O3. The molecule has 2 amide bonds. The molecule has 2 unspecified atom stereocenters. The quantitative estimate of drug-likeness (QED) is 0.544. The summed E-state index contributed by atoms with van der Waals surface area (Å²) in [5, 5.41) is 3.02. The Bertz CT molecular complexity index is 1080. The van der Waals surface area contributed by atoms with Gasteiger partial charge in [-0.15, -0.1) is 0 Å². The molecule has 1 N–H and O–H groups in total. The first-order valence-electron chi connectivity index (χ1n) is 12.5. The van der Waals surface area contributed by atoms with Gasteiger partial charge in [0.2, 0.25) is 5.91 Å². The van der Waals surface area contributed by atoms with Crippen LogP contribution in [0.15, 0.2) is 30.6 Å². The van der Waals surface area contributed by atoms with E-state index in [1.165, 1.54) is 23.5 Å². The molecule has 1 heterocycles. The minimum absolute atomic E-state index is 0.0115. The van der Waals surface area contributed by atoms with Crippen molar-refractivity contribution in [2.75, 3.05) is 19.0 Å². The van der Waals surface area contributed by atoms with Gasteiger partial charge in [-0.3, -0.25) is 9.59 Å². The van der Waals surface area contributed by atoms with Crippen molar-refractivity contribution in [1.29, 1.82) is 0 Å². The van der Waals surface area contributed by atoms with Gasteiger partial charge >= 0.3 is 6.18 Å². The maximum absolute atomic E-state index is 13.2. The van der Waals surface area contributed by atoms with Crippen LogP contribution in [-0.4, -0.2) is 52.1 Å². The highest BCUT2D eigenvalue weighted by molar-refractivity contribution is 5.95. The number of benzene rings is 1. The lowest BCUT2D eigenvalue weighted by Gasteiger charge is -2.35. The molecule has 0 bridgehead atoms. The summed E-state index contributed by atoms with van der Waals surface area (Å²) >= 11 is 0. The first-order chi connectivity index (χ1) is 17.1. The zero-order valence-electron chi connectivity index (χ0n) is 20.7. The number of aryl methyl sites for hydroxylation is 1. The Labute approximate surface area is 209 Å². The second kappa shape index (κ2) is 11.0. The van der Waals surface area contributed by atoms with Crippen LogP contribution in [0.2, 0.25) is 0 Å². The summed E-state index contributed by atoms with van der Waals surface area (Å²) < 4.78 is 47.0. The number of hydrogen-bond acceptors (Lipinski definition) is 4. The van der Waals surface area contributed by atoms with Gasteiger partial charge in [0.1, 0.15) is 5.82 Å². The van der Waals surface area contributed by atoms with E-state index in [9.17, 15) is 22.8 Å². The number of aromatic nitrogens is 2. The zero-order chi connectivity index (χ0) is 25.9. The number of ether oxygens (including phenoxy) is 1. The minimum Gasteiger partial charge on any atom is -0.376 e. The molecule has 196 valence electrons. The first kappa shape index (κ1) is 26.2. The lowest BCUT2D eigenvalue weighted by Crippen LogP contribution is -2.42. The van der Waals surface area contributed by atoms with E-state index in [0.717, 1.165) is 37.1 Å². The van der Waals surface area contributed by atoms with Crippen LogP contribution in [-0.2, 0) is 22.3 Å². The largest absolute Gasteiger partial charge is 0.416 e. The van der Waals surface area contributed by atoms with E-state index < -0.39 is 17.6 Å². The Morgan fingerprint density at radius 1 is 1.19 bits per heavy atom. The summed E-state index contributed by atoms with van der Waals surface area (Å²) in [6.45, 7) is 2.98. The summed E-state index contributed by atoms with van der Waals surface area (Å²) in [5.41, 5.74) is -0.147. The van der Waals surface area contributed by atoms with Crippen LogP contribution in [0.5, 0.6) is 0 Å². The van der Waals surface area contributed by atoms with Crippen LogP contribution in [0.3, 0.4) is 0 Å². The molecule has 36 heavy (non-hydrogen) atoms. The Morgan fingerprint density at radius 3 is 2.64 bits per heavy atom. The average molecular weight is 507 g/mol. The third kappa shape index (κ3) is 6.08. The molecule has 2 saturated carbocycles. The van der Waals surface area contributed by atoms with Gasteiger partial charge in [0.25, 0.3) is 5.91 Å². The highest BCUT2D eigenvalue weighted by Gasteiger charge is 2.34. The van der Waals surface area contributed by atoms with Crippen molar-refractivity contribution in [3.05, 3.63) is 47.4 Å². The van der Waals surface area contributed by atoms with Gasteiger partial charge in [0, 0.05) is 31.1 Å². The van der Waals surface area contributed by atoms with E-state index >= 15 is 0 Å². The Morgan fingerprint density at radius 2 is 1.94 bits per heavy atom. The number of halogens is 3. The van der Waals surface area contributed by atoms with Crippen molar-refractivity contribution >= 4 is 17.6 Å². The fourth-order valence-corrected chi connectivity index (χ4v) is 4.84. The maximum Gasteiger partial charge on any atom is 0.416 e. The second-order valence-corrected chi connectivity index (χ2v) is 9.80. The molecule has 2 aliphatic carbocycles. The van der Waals surface area contributed by atoms with Crippen LogP contribution in [0.1, 0.15) is 66.6 Å². The number of nitrogens with zero attached hydrogens (tertiary/aromatic N) is 3. The van der Waals surface area contributed by atoms with Gasteiger partial charge in [-0.25, -0.2) is 4.98 Å². The number of nitrogens with one attached hydrogen (secondary N) is 1. The lowest BCUT2D eigenvalue weighted by molar-refractivity contribution is -0.137. The van der Waals surface area contributed by atoms with Crippen LogP contribution >= 0.6 is 0 Å². The number of amides is 2. The van der Waals surface area contributed by atoms with Crippen LogP contribution in [0.4, 0.5) is 19.0 Å². The molecular weight excluding hydrogens is 473 g/mol. The van der Waals surface area contributed by atoms with Crippen molar-refractivity contribution < 1.29 is 27.5 Å². The second-order valence-electron chi connectivity index (χ2n) is 9.80. The molecule has 0 radical (unpaired) electrons. The van der Waals surface area contributed by atoms with E-state index in [2.05, 4.69) is 10.3 Å². The topological polar surface area (TPSA) is 76.5 Å². The molecule has 4 rings (SSSR count). The predicted molar refractivity (Wildman–Crippen MR) is 128 cm³/mol.